The normalized spacial score (nSPS) is 16.1. The van der Waals surface area contributed by atoms with Crippen LogP contribution < -0.4 is 5.73 Å². The first-order valence-electron chi connectivity index (χ1n) is 7.06. The van der Waals surface area contributed by atoms with Crippen molar-refractivity contribution in [2.75, 3.05) is 13.1 Å². The summed E-state index contributed by atoms with van der Waals surface area (Å²) in [5.74, 6) is 1.57. The van der Waals surface area contributed by atoms with Crippen LogP contribution in [-0.2, 0) is 6.54 Å². The number of pyridine rings is 1. The average Bonchev–Trinajstić information content (AvgIpc) is 2.46. The Morgan fingerprint density at radius 2 is 2.10 bits per heavy atom. The number of carbonyl (C=O) groups is 1. The molecule has 1 amide bonds. The van der Waals surface area contributed by atoms with Gasteiger partial charge in [-0.25, -0.2) is 0 Å². The zero-order valence-corrected chi connectivity index (χ0v) is 13.0. The van der Waals surface area contributed by atoms with Crippen molar-refractivity contribution in [2.45, 2.75) is 33.2 Å². The monoisotopic (exact) mass is 297 g/mol. The minimum Gasteiger partial charge on any atom is -0.339 e. The second kappa shape index (κ2) is 7.60. The standard InChI is InChI=1S/C15H23N3O.ClH/c1-11(2)12-4-7-18(8-5-12)15(19)13-3-6-17-14(9-13)10-16;/h3,6,9,11-12H,4-5,7-8,10,16H2,1-2H3;1H. The van der Waals surface area contributed by atoms with E-state index in [0.717, 1.165) is 37.5 Å². The summed E-state index contributed by atoms with van der Waals surface area (Å²) in [5, 5.41) is 0. The number of nitrogens with two attached hydrogens (primary N) is 1. The second-order valence-electron chi connectivity index (χ2n) is 5.61. The van der Waals surface area contributed by atoms with Gasteiger partial charge in [-0.3, -0.25) is 9.78 Å². The highest BCUT2D eigenvalue weighted by molar-refractivity contribution is 5.94. The number of rotatable bonds is 3. The Kier molecular flexibility index (Phi) is 6.43. The second-order valence-corrected chi connectivity index (χ2v) is 5.61. The number of hydrogen-bond acceptors (Lipinski definition) is 3. The van der Waals surface area contributed by atoms with E-state index < -0.39 is 0 Å². The van der Waals surface area contributed by atoms with E-state index in [9.17, 15) is 4.79 Å². The predicted octanol–water partition coefficient (Wildman–Crippen LogP) is 2.47. The van der Waals surface area contributed by atoms with E-state index >= 15 is 0 Å². The number of aromatic nitrogens is 1. The number of hydrogen-bond donors (Lipinski definition) is 1. The SMILES string of the molecule is CC(C)C1CCN(C(=O)c2ccnc(CN)c2)CC1.Cl. The first-order valence-corrected chi connectivity index (χ1v) is 7.06. The quantitative estimate of drug-likeness (QED) is 0.932. The lowest BCUT2D eigenvalue weighted by Crippen LogP contribution is -2.39. The van der Waals surface area contributed by atoms with Crippen LogP contribution in [0.2, 0.25) is 0 Å². The number of halogens is 1. The molecule has 0 unspecified atom stereocenters. The molecule has 1 aliphatic heterocycles. The molecule has 112 valence electrons. The Balaban J connectivity index is 0.00000200. The van der Waals surface area contributed by atoms with E-state index in [1.165, 1.54) is 0 Å². The summed E-state index contributed by atoms with van der Waals surface area (Å²) in [7, 11) is 0. The fourth-order valence-electron chi connectivity index (χ4n) is 2.67. The summed E-state index contributed by atoms with van der Waals surface area (Å²) in [5.41, 5.74) is 7.03. The first kappa shape index (κ1) is 16.9. The van der Waals surface area contributed by atoms with Crippen molar-refractivity contribution in [1.82, 2.24) is 9.88 Å². The van der Waals surface area contributed by atoms with Gasteiger partial charge >= 0.3 is 0 Å². The minimum atomic E-state index is 0. The summed E-state index contributed by atoms with van der Waals surface area (Å²) in [6.07, 6.45) is 3.88. The molecule has 2 N–H and O–H groups in total. The lowest BCUT2D eigenvalue weighted by atomic mass is 9.86. The Morgan fingerprint density at radius 3 is 2.65 bits per heavy atom. The van der Waals surface area contributed by atoms with Crippen LogP contribution in [0.4, 0.5) is 0 Å². The average molecular weight is 298 g/mol. The van der Waals surface area contributed by atoms with Crippen molar-refractivity contribution < 1.29 is 4.79 Å². The molecular weight excluding hydrogens is 274 g/mol. The molecule has 1 fully saturated rings. The number of amides is 1. The van der Waals surface area contributed by atoms with Crippen LogP contribution in [0.25, 0.3) is 0 Å². The van der Waals surface area contributed by atoms with Gasteiger partial charge in [0.2, 0.25) is 0 Å². The van der Waals surface area contributed by atoms with Gasteiger partial charge in [-0.1, -0.05) is 13.8 Å². The summed E-state index contributed by atoms with van der Waals surface area (Å²) >= 11 is 0. The Bertz CT molecular complexity index is 442. The summed E-state index contributed by atoms with van der Waals surface area (Å²) < 4.78 is 0. The van der Waals surface area contributed by atoms with Crippen LogP contribution in [0.15, 0.2) is 18.3 Å². The lowest BCUT2D eigenvalue weighted by molar-refractivity contribution is 0.0667. The molecule has 0 spiro atoms. The van der Waals surface area contributed by atoms with Gasteiger partial charge in [0.05, 0.1) is 5.69 Å². The molecule has 0 atom stereocenters. The zero-order valence-electron chi connectivity index (χ0n) is 12.2. The fourth-order valence-corrected chi connectivity index (χ4v) is 2.67. The van der Waals surface area contributed by atoms with E-state index in [2.05, 4.69) is 18.8 Å². The van der Waals surface area contributed by atoms with E-state index in [-0.39, 0.29) is 18.3 Å². The largest absolute Gasteiger partial charge is 0.339 e. The summed E-state index contributed by atoms with van der Waals surface area (Å²) in [4.78, 5) is 18.5. The van der Waals surface area contributed by atoms with Gasteiger partial charge in [0.1, 0.15) is 0 Å². The van der Waals surface area contributed by atoms with Gasteiger partial charge in [0.25, 0.3) is 5.91 Å². The van der Waals surface area contributed by atoms with Crippen LogP contribution in [0.1, 0.15) is 42.7 Å². The molecule has 0 aromatic carbocycles. The van der Waals surface area contributed by atoms with Crippen LogP contribution in [-0.4, -0.2) is 28.9 Å². The maximum absolute atomic E-state index is 12.4. The Labute approximate surface area is 127 Å². The number of carbonyl (C=O) groups excluding carboxylic acids is 1. The highest BCUT2D eigenvalue weighted by atomic mass is 35.5. The van der Waals surface area contributed by atoms with Gasteiger partial charge in [0, 0.05) is 31.4 Å². The predicted molar refractivity (Wildman–Crippen MR) is 82.8 cm³/mol. The van der Waals surface area contributed by atoms with E-state index in [1.54, 1.807) is 18.3 Å². The van der Waals surface area contributed by atoms with Gasteiger partial charge in [-0.15, -0.1) is 12.4 Å². The number of piperidine rings is 1. The molecule has 1 aromatic heterocycles. The third kappa shape index (κ3) is 3.93. The number of likely N-dealkylation sites (tertiary alicyclic amines) is 1. The molecule has 2 heterocycles. The zero-order chi connectivity index (χ0) is 13.8. The molecule has 4 nitrogen and oxygen atoms in total. The topological polar surface area (TPSA) is 59.2 Å². The lowest BCUT2D eigenvalue weighted by Gasteiger charge is -2.34. The maximum atomic E-state index is 12.4. The van der Waals surface area contributed by atoms with E-state index in [0.29, 0.717) is 18.0 Å². The molecule has 0 radical (unpaired) electrons. The Morgan fingerprint density at radius 1 is 1.45 bits per heavy atom. The van der Waals surface area contributed by atoms with Gasteiger partial charge in [0.15, 0.2) is 0 Å². The molecular formula is C15H24ClN3O. The van der Waals surface area contributed by atoms with Crippen LogP contribution in [0, 0.1) is 11.8 Å². The molecule has 0 aliphatic carbocycles. The molecule has 20 heavy (non-hydrogen) atoms. The van der Waals surface area contributed by atoms with Gasteiger partial charge in [-0.2, -0.15) is 0 Å². The van der Waals surface area contributed by atoms with Crippen molar-refractivity contribution in [2.24, 2.45) is 17.6 Å². The smallest absolute Gasteiger partial charge is 0.253 e. The minimum absolute atomic E-state index is 0. The van der Waals surface area contributed by atoms with Crippen LogP contribution in [0.3, 0.4) is 0 Å². The van der Waals surface area contributed by atoms with Crippen LogP contribution in [0.5, 0.6) is 0 Å². The molecule has 5 heteroatoms. The molecule has 2 rings (SSSR count). The van der Waals surface area contributed by atoms with Crippen molar-refractivity contribution in [3.05, 3.63) is 29.6 Å². The first-order chi connectivity index (χ1) is 9.11. The maximum Gasteiger partial charge on any atom is 0.253 e. The van der Waals surface area contributed by atoms with E-state index in [4.69, 9.17) is 5.73 Å². The molecule has 1 saturated heterocycles. The fraction of sp³-hybridized carbons (Fsp3) is 0.600. The number of nitrogens with zero attached hydrogens (tertiary/aromatic N) is 2. The van der Waals surface area contributed by atoms with E-state index in [1.807, 2.05) is 4.90 Å². The van der Waals surface area contributed by atoms with Crippen molar-refractivity contribution >= 4 is 18.3 Å². The summed E-state index contributed by atoms with van der Waals surface area (Å²) in [6.45, 7) is 6.62. The van der Waals surface area contributed by atoms with Crippen molar-refractivity contribution in [3.8, 4) is 0 Å². The van der Waals surface area contributed by atoms with Gasteiger partial charge in [-0.05, 0) is 36.8 Å². The van der Waals surface area contributed by atoms with Crippen LogP contribution >= 0.6 is 12.4 Å². The summed E-state index contributed by atoms with van der Waals surface area (Å²) in [6, 6.07) is 3.58. The van der Waals surface area contributed by atoms with Crippen molar-refractivity contribution in [3.63, 3.8) is 0 Å². The molecule has 0 saturated carbocycles. The highest BCUT2D eigenvalue weighted by Crippen LogP contribution is 2.25. The van der Waals surface area contributed by atoms with Crippen molar-refractivity contribution in [1.29, 1.82) is 0 Å². The third-order valence-corrected chi connectivity index (χ3v) is 4.04. The molecule has 0 bridgehead atoms. The Hall–Kier alpha value is -1.13. The third-order valence-electron chi connectivity index (χ3n) is 4.04. The molecule has 1 aromatic rings. The molecule has 1 aliphatic rings. The highest BCUT2D eigenvalue weighted by Gasteiger charge is 2.25. The van der Waals surface area contributed by atoms with Gasteiger partial charge < -0.3 is 10.6 Å².